The Morgan fingerprint density at radius 2 is 2.17 bits per heavy atom. The zero-order chi connectivity index (χ0) is 22.7. The van der Waals surface area contributed by atoms with Gasteiger partial charge in [-0.1, -0.05) is 19.9 Å². The molecule has 0 radical (unpaired) electrons. The molecule has 0 saturated carbocycles. The number of likely N-dealkylation sites (N-methyl/N-ethyl adjacent to an activating group) is 1. The molecule has 2 rings (SSSR count). The van der Waals surface area contributed by atoms with E-state index in [0.717, 1.165) is 5.57 Å². The summed E-state index contributed by atoms with van der Waals surface area (Å²) in [5.41, 5.74) is 0.163. The molecule has 0 bridgehead atoms. The van der Waals surface area contributed by atoms with Crippen molar-refractivity contribution >= 4 is 18.1 Å². The molecule has 1 aromatic rings. The Bertz CT molecular complexity index is 697. The normalized spacial score (nSPS) is 19.1. The number of aromatic nitrogens is 1. The van der Waals surface area contributed by atoms with Gasteiger partial charge in [0, 0.05) is 18.7 Å². The van der Waals surface area contributed by atoms with Crippen LogP contribution in [0.5, 0.6) is 0 Å². The van der Waals surface area contributed by atoms with Crippen LogP contribution in [0.2, 0.25) is 0 Å². The molecule has 2 heterocycles. The van der Waals surface area contributed by atoms with Gasteiger partial charge in [-0.25, -0.2) is 14.8 Å². The van der Waals surface area contributed by atoms with E-state index < -0.39 is 11.7 Å². The van der Waals surface area contributed by atoms with Crippen LogP contribution in [0.1, 0.15) is 40.5 Å². The second kappa shape index (κ2) is 12.1. The molecule has 2 amide bonds. The summed E-state index contributed by atoms with van der Waals surface area (Å²) >= 11 is 0. The van der Waals surface area contributed by atoms with Crippen LogP contribution in [0.3, 0.4) is 0 Å². The number of carbonyl (C=O) groups excluding carboxylic acids is 2. The largest absolute Gasteiger partial charge is 0.445 e. The number of amides is 2. The number of ether oxygens (including phenoxy) is 1. The third-order valence-corrected chi connectivity index (χ3v) is 4.03. The van der Waals surface area contributed by atoms with Crippen molar-refractivity contribution in [1.82, 2.24) is 20.3 Å². The molecule has 30 heavy (non-hydrogen) atoms. The molecule has 0 aliphatic carbocycles. The number of nitrogens with zero attached hydrogens (tertiary/aromatic N) is 3. The molecule has 9 heteroatoms. The predicted octanol–water partition coefficient (Wildman–Crippen LogP) is 2.87. The molecule has 2 atom stereocenters. The molecule has 0 spiro atoms. The minimum atomic E-state index is -0.582. The molecular weight excluding hydrogens is 388 g/mol. The van der Waals surface area contributed by atoms with Crippen LogP contribution in [-0.2, 0) is 14.4 Å². The van der Waals surface area contributed by atoms with Crippen molar-refractivity contribution in [3.63, 3.8) is 0 Å². The van der Waals surface area contributed by atoms with Gasteiger partial charge in [0.05, 0.1) is 24.9 Å². The summed E-state index contributed by atoms with van der Waals surface area (Å²) in [5.74, 6) is 0.419. The van der Waals surface area contributed by atoms with Gasteiger partial charge in [-0.05, 0) is 33.9 Å². The van der Waals surface area contributed by atoms with Crippen LogP contribution in [-0.4, -0.2) is 71.9 Å². The van der Waals surface area contributed by atoms with Gasteiger partial charge in [-0.15, -0.1) is 6.58 Å². The number of hydrogen-bond donors (Lipinski definition) is 1. The summed E-state index contributed by atoms with van der Waals surface area (Å²) in [6.07, 6.45) is 6.58. The maximum atomic E-state index is 12.0. The number of hydroxylamine groups is 2. The number of carbonyl (C=O) groups is 2. The second-order valence-corrected chi connectivity index (χ2v) is 7.41. The van der Waals surface area contributed by atoms with Crippen molar-refractivity contribution in [2.75, 3.05) is 26.7 Å². The molecule has 1 aliphatic rings. The van der Waals surface area contributed by atoms with Crippen LogP contribution in [0.15, 0.2) is 35.6 Å². The molecule has 0 fully saturated rings. The van der Waals surface area contributed by atoms with Gasteiger partial charge in [0.1, 0.15) is 11.9 Å². The van der Waals surface area contributed by atoms with E-state index in [2.05, 4.69) is 16.9 Å². The third-order valence-electron chi connectivity index (χ3n) is 4.03. The van der Waals surface area contributed by atoms with Gasteiger partial charge < -0.3 is 14.5 Å². The third kappa shape index (κ3) is 7.64. The number of oxazole rings is 1. The summed E-state index contributed by atoms with van der Waals surface area (Å²) in [4.78, 5) is 35.1. The highest BCUT2D eigenvalue weighted by atomic mass is 16.7. The van der Waals surface area contributed by atoms with Crippen molar-refractivity contribution in [1.29, 1.82) is 0 Å². The van der Waals surface area contributed by atoms with Crippen molar-refractivity contribution < 1.29 is 23.6 Å². The van der Waals surface area contributed by atoms with E-state index in [1.165, 1.54) is 11.3 Å². The Labute approximate surface area is 178 Å². The highest BCUT2D eigenvalue weighted by Crippen LogP contribution is 2.27. The molecule has 1 N–H and O–H groups in total. The minimum Gasteiger partial charge on any atom is -0.445 e. The zero-order valence-electron chi connectivity index (χ0n) is 18.8. The van der Waals surface area contributed by atoms with E-state index in [-0.39, 0.29) is 18.7 Å². The summed E-state index contributed by atoms with van der Waals surface area (Å²) in [5, 5.41) is 4.02. The molecular formula is C21H34N4O5. The monoisotopic (exact) mass is 422 g/mol. The van der Waals surface area contributed by atoms with Gasteiger partial charge in [0.2, 0.25) is 12.3 Å². The van der Waals surface area contributed by atoms with E-state index in [4.69, 9.17) is 14.0 Å². The molecule has 0 saturated heterocycles. The van der Waals surface area contributed by atoms with Crippen LogP contribution >= 0.6 is 0 Å². The first-order valence-corrected chi connectivity index (χ1v) is 10.0. The first-order chi connectivity index (χ1) is 14.2. The summed E-state index contributed by atoms with van der Waals surface area (Å²) in [7, 11) is 1.89. The Balaban J connectivity index is 0.00000218. The number of nitrogens with one attached hydrogen (secondary N) is 1. The maximum absolute atomic E-state index is 12.0. The smallest absolute Gasteiger partial charge is 0.407 e. The Morgan fingerprint density at radius 3 is 2.70 bits per heavy atom. The fraction of sp³-hybridized carbons (Fsp3) is 0.571. The standard InChI is InChI=1S/C19H28N4O5.C2H6/c1-6-8-27-23(13-24)14-10-15(17-20-7-9-26-17)16(22(5)12-14)11-21-18(25)28-19(2,3)4;1-2/h6-7,9-10,13-14,16H,1,8,11-12H2,2-5H3,(H,21,25);1-2H3/t14?,16-;/m1./s1. The summed E-state index contributed by atoms with van der Waals surface area (Å²) < 4.78 is 10.8. The molecule has 168 valence electrons. The SMILES string of the molecule is C=CCON(C=O)C1C=C(c2ncco2)[C@@H](CNC(=O)OC(C)(C)C)N(C)C1.CC. The molecule has 9 nitrogen and oxygen atoms in total. The van der Waals surface area contributed by atoms with Crippen molar-refractivity contribution in [3.05, 3.63) is 37.1 Å². The Kier molecular flexibility index (Phi) is 10.3. The summed E-state index contributed by atoms with van der Waals surface area (Å²) in [6, 6.07) is -0.558. The zero-order valence-corrected chi connectivity index (χ0v) is 18.8. The van der Waals surface area contributed by atoms with Crippen molar-refractivity contribution in [2.24, 2.45) is 0 Å². The minimum absolute atomic E-state index is 0.213. The first kappa shape index (κ1) is 25.4. The van der Waals surface area contributed by atoms with E-state index >= 15 is 0 Å². The number of rotatable bonds is 8. The quantitative estimate of drug-likeness (QED) is 0.391. The lowest BCUT2D eigenvalue weighted by atomic mass is 9.97. The predicted molar refractivity (Wildman–Crippen MR) is 114 cm³/mol. The van der Waals surface area contributed by atoms with Gasteiger partial charge in [-0.2, -0.15) is 0 Å². The fourth-order valence-electron chi connectivity index (χ4n) is 2.87. The average Bonchev–Trinajstić information content (AvgIpc) is 3.22. The fourth-order valence-corrected chi connectivity index (χ4v) is 2.87. The van der Waals surface area contributed by atoms with E-state index in [0.29, 0.717) is 25.4 Å². The van der Waals surface area contributed by atoms with E-state index in [1.807, 2.05) is 31.9 Å². The second-order valence-electron chi connectivity index (χ2n) is 7.41. The molecule has 0 aromatic carbocycles. The molecule has 1 unspecified atom stereocenters. The lowest BCUT2D eigenvalue weighted by molar-refractivity contribution is -0.178. The van der Waals surface area contributed by atoms with Crippen LogP contribution in [0.25, 0.3) is 5.57 Å². The van der Waals surface area contributed by atoms with Gasteiger partial charge in [-0.3, -0.25) is 14.5 Å². The molecule has 1 aromatic heterocycles. The van der Waals surface area contributed by atoms with Crippen molar-refractivity contribution in [2.45, 2.75) is 52.3 Å². The maximum Gasteiger partial charge on any atom is 0.407 e. The number of alkyl carbamates (subject to hydrolysis) is 1. The lowest BCUT2D eigenvalue weighted by Crippen LogP contribution is -2.52. The van der Waals surface area contributed by atoms with Gasteiger partial charge in [0.25, 0.3) is 0 Å². The van der Waals surface area contributed by atoms with E-state index in [9.17, 15) is 9.59 Å². The lowest BCUT2D eigenvalue weighted by Gasteiger charge is -2.38. The van der Waals surface area contributed by atoms with Crippen LogP contribution < -0.4 is 5.32 Å². The Hall–Kier alpha value is -2.65. The summed E-state index contributed by atoms with van der Waals surface area (Å²) in [6.45, 7) is 14.0. The van der Waals surface area contributed by atoms with Crippen LogP contribution in [0, 0.1) is 0 Å². The van der Waals surface area contributed by atoms with Crippen molar-refractivity contribution in [3.8, 4) is 0 Å². The van der Waals surface area contributed by atoms with Gasteiger partial charge in [0.15, 0.2) is 0 Å². The first-order valence-electron chi connectivity index (χ1n) is 10.0. The average molecular weight is 423 g/mol. The topological polar surface area (TPSA) is 97.1 Å². The van der Waals surface area contributed by atoms with E-state index in [1.54, 1.807) is 33.0 Å². The molecule has 1 aliphatic heterocycles. The van der Waals surface area contributed by atoms with Crippen LogP contribution in [0.4, 0.5) is 4.79 Å². The Morgan fingerprint density at radius 1 is 1.47 bits per heavy atom. The number of hydrogen-bond acceptors (Lipinski definition) is 7. The highest BCUT2D eigenvalue weighted by molar-refractivity contribution is 5.70. The highest BCUT2D eigenvalue weighted by Gasteiger charge is 2.33. The van der Waals surface area contributed by atoms with Gasteiger partial charge >= 0.3 is 6.09 Å².